The first-order valence-corrected chi connectivity index (χ1v) is 9.05. The van der Waals surface area contributed by atoms with Crippen LogP contribution in [0, 0.1) is 0 Å². The summed E-state index contributed by atoms with van der Waals surface area (Å²) in [4.78, 5) is 11.0. The summed E-state index contributed by atoms with van der Waals surface area (Å²) < 4.78 is 5.73. The molecule has 3 aromatic carbocycles. The molecule has 0 spiro atoms. The van der Waals surface area contributed by atoms with Crippen LogP contribution in [0.25, 0.3) is 0 Å². The van der Waals surface area contributed by atoms with Crippen molar-refractivity contribution in [1.29, 1.82) is 0 Å². The summed E-state index contributed by atoms with van der Waals surface area (Å²) in [6.07, 6.45) is 1.60. The van der Waals surface area contributed by atoms with Crippen molar-refractivity contribution in [3.8, 4) is 5.75 Å². The second-order valence-corrected chi connectivity index (χ2v) is 6.62. The highest BCUT2D eigenvalue weighted by atomic mass is 35.5. The average Bonchev–Trinajstić information content (AvgIpc) is 2.69. The SMILES string of the molecule is O=C([O-])c1cc(N/N=C\c2ccc(OCc3ccccc3Cl)cc2)ccc1Cl. The van der Waals surface area contributed by atoms with E-state index in [4.69, 9.17) is 27.9 Å². The lowest BCUT2D eigenvalue weighted by Gasteiger charge is -2.08. The minimum Gasteiger partial charge on any atom is -0.545 e. The van der Waals surface area contributed by atoms with Gasteiger partial charge in [-0.25, -0.2) is 0 Å². The number of anilines is 1. The Bertz CT molecular complexity index is 1000. The van der Waals surface area contributed by atoms with Gasteiger partial charge >= 0.3 is 0 Å². The third-order valence-electron chi connectivity index (χ3n) is 3.83. The van der Waals surface area contributed by atoms with Crippen LogP contribution >= 0.6 is 23.2 Å². The molecule has 3 aromatic rings. The van der Waals surface area contributed by atoms with Crippen LogP contribution in [0.15, 0.2) is 71.8 Å². The molecule has 142 valence electrons. The number of benzene rings is 3. The van der Waals surface area contributed by atoms with E-state index in [0.717, 1.165) is 11.1 Å². The molecule has 0 aliphatic heterocycles. The van der Waals surface area contributed by atoms with Crippen LogP contribution in [0.2, 0.25) is 10.0 Å². The molecule has 0 unspecified atom stereocenters. The van der Waals surface area contributed by atoms with E-state index in [1.54, 1.807) is 12.3 Å². The number of carboxylic acids is 1. The van der Waals surface area contributed by atoms with E-state index >= 15 is 0 Å². The van der Waals surface area contributed by atoms with Crippen molar-refractivity contribution in [3.05, 3.63) is 93.5 Å². The van der Waals surface area contributed by atoms with Crippen molar-refractivity contribution in [2.45, 2.75) is 6.61 Å². The Morgan fingerprint density at radius 3 is 2.50 bits per heavy atom. The van der Waals surface area contributed by atoms with Gasteiger partial charge in [-0.05, 0) is 54.1 Å². The number of halogens is 2. The molecule has 0 saturated carbocycles. The Labute approximate surface area is 172 Å². The normalized spacial score (nSPS) is 10.8. The van der Waals surface area contributed by atoms with Gasteiger partial charge in [-0.3, -0.25) is 5.43 Å². The van der Waals surface area contributed by atoms with Gasteiger partial charge in [0.05, 0.1) is 17.9 Å². The number of carbonyl (C=O) groups excluding carboxylic acids is 1. The number of nitrogens with zero attached hydrogens (tertiary/aromatic N) is 1. The first-order valence-electron chi connectivity index (χ1n) is 8.29. The quantitative estimate of drug-likeness (QED) is 0.460. The predicted octanol–water partition coefficient (Wildman–Crippen LogP) is 4.38. The van der Waals surface area contributed by atoms with Gasteiger partial charge in [-0.15, -0.1) is 0 Å². The van der Waals surface area contributed by atoms with Gasteiger partial charge in [0.1, 0.15) is 12.4 Å². The average molecular weight is 414 g/mol. The van der Waals surface area contributed by atoms with Crippen LogP contribution < -0.4 is 15.3 Å². The second kappa shape index (κ2) is 9.26. The maximum atomic E-state index is 11.0. The van der Waals surface area contributed by atoms with Gasteiger partial charge in [0.25, 0.3) is 0 Å². The highest BCUT2D eigenvalue weighted by Crippen LogP contribution is 2.20. The van der Waals surface area contributed by atoms with Crippen LogP contribution in [-0.2, 0) is 6.61 Å². The van der Waals surface area contributed by atoms with Crippen molar-refractivity contribution in [1.82, 2.24) is 0 Å². The van der Waals surface area contributed by atoms with Crippen LogP contribution in [0.3, 0.4) is 0 Å². The predicted molar refractivity (Wildman–Crippen MR) is 109 cm³/mol. The maximum absolute atomic E-state index is 11.0. The van der Waals surface area contributed by atoms with Crippen molar-refractivity contribution in [3.63, 3.8) is 0 Å². The molecule has 0 bridgehead atoms. The Morgan fingerprint density at radius 2 is 1.79 bits per heavy atom. The number of hydrogen-bond donors (Lipinski definition) is 1. The summed E-state index contributed by atoms with van der Waals surface area (Å²) in [6, 6.07) is 19.3. The van der Waals surface area contributed by atoms with E-state index in [1.807, 2.05) is 48.5 Å². The smallest absolute Gasteiger partial charge is 0.119 e. The molecule has 0 heterocycles. The molecule has 5 nitrogen and oxygen atoms in total. The summed E-state index contributed by atoms with van der Waals surface area (Å²) in [5.41, 5.74) is 4.90. The Kier molecular flexibility index (Phi) is 6.53. The summed E-state index contributed by atoms with van der Waals surface area (Å²) in [7, 11) is 0. The molecule has 0 atom stereocenters. The number of carbonyl (C=O) groups is 1. The van der Waals surface area contributed by atoms with E-state index < -0.39 is 5.97 Å². The monoisotopic (exact) mass is 413 g/mol. The number of ether oxygens (including phenoxy) is 1. The van der Waals surface area contributed by atoms with Gasteiger partial charge < -0.3 is 14.6 Å². The molecule has 0 radical (unpaired) electrons. The highest BCUT2D eigenvalue weighted by Gasteiger charge is 2.03. The largest absolute Gasteiger partial charge is 0.545 e. The lowest BCUT2D eigenvalue weighted by Crippen LogP contribution is -2.22. The summed E-state index contributed by atoms with van der Waals surface area (Å²) in [5, 5.41) is 15.9. The number of hydrogen-bond acceptors (Lipinski definition) is 5. The summed E-state index contributed by atoms with van der Waals surface area (Å²) in [5.74, 6) is -0.633. The molecule has 1 N–H and O–H groups in total. The van der Waals surface area contributed by atoms with Gasteiger partial charge in [0, 0.05) is 21.2 Å². The fraction of sp³-hybridized carbons (Fsp3) is 0.0476. The van der Waals surface area contributed by atoms with Gasteiger partial charge in [0.15, 0.2) is 0 Å². The number of aromatic carboxylic acids is 1. The lowest BCUT2D eigenvalue weighted by molar-refractivity contribution is -0.255. The minimum atomic E-state index is -1.34. The molecule has 3 rings (SSSR count). The third kappa shape index (κ3) is 5.25. The highest BCUT2D eigenvalue weighted by molar-refractivity contribution is 6.33. The lowest BCUT2D eigenvalue weighted by atomic mass is 10.2. The van der Waals surface area contributed by atoms with Crippen molar-refractivity contribution in [2.24, 2.45) is 5.10 Å². The summed E-state index contributed by atoms with van der Waals surface area (Å²) >= 11 is 11.9. The first kappa shape index (κ1) is 19.7. The van der Waals surface area contributed by atoms with Crippen LogP contribution in [0.4, 0.5) is 5.69 Å². The van der Waals surface area contributed by atoms with Crippen molar-refractivity contribution < 1.29 is 14.6 Å². The molecular weight excluding hydrogens is 399 g/mol. The minimum absolute atomic E-state index is 0.0955. The standard InChI is InChI=1S/C21H16Cl2N2O3/c22-19-4-2-1-3-15(19)13-28-17-8-5-14(6-9-17)12-24-25-16-7-10-20(23)18(11-16)21(26)27/h1-12,25H,13H2,(H,26,27)/p-1/b24-12-. The topological polar surface area (TPSA) is 73.8 Å². The molecule has 0 saturated heterocycles. The van der Waals surface area contributed by atoms with E-state index in [2.05, 4.69) is 10.5 Å². The molecule has 0 aromatic heterocycles. The molecule has 0 fully saturated rings. The molecular formula is C21H15Cl2N2O3-. The van der Waals surface area contributed by atoms with Gasteiger partial charge in [-0.1, -0.05) is 41.4 Å². The van der Waals surface area contributed by atoms with Crippen LogP contribution in [0.5, 0.6) is 5.75 Å². The van der Waals surface area contributed by atoms with Crippen molar-refractivity contribution >= 4 is 41.1 Å². The number of nitrogens with one attached hydrogen (secondary N) is 1. The first-order chi connectivity index (χ1) is 13.5. The Hall–Kier alpha value is -3.02. The zero-order valence-electron chi connectivity index (χ0n) is 14.6. The number of carboxylic acid groups (broad SMARTS) is 1. The van der Waals surface area contributed by atoms with Gasteiger partial charge in [-0.2, -0.15) is 5.10 Å². The Balaban J connectivity index is 1.57. The fourth-order valence-electron chi connectivity index (χ4n) is 2.36. The zero-order valence-corrected chi connectivity index (χ0v) is 16.1. The second-order valence-electron chi connectivity index (χ2n) is 5.80. The van der Waals surface area contributed by atoms with Crippen LogP contribution in [-0.4, -0.2) is 12.2 Å². The fourth-order valence-corrected chi connectivity index (χ4v) is 2.74. The molecule has 0 aliphatic rings. The van der Waals surface area contributed by atoms with Gasteiger partial charge in [0.2, 0.25) is 0 Å². The molecule has 0 aliphatic carbocycles. The van der Waals surface area contributed by atoms with E-state index in [-0.39, 0.29) is 10.6 Å². The number of rotatable bonds is 7. The van der Waals surface area contributed by atoms with E-state index in [1.165, 1.54) is 12.1 Å². The zero-order chi connectivity index (χ0) is 19.9. The van der Waals surface area contributed by atoms with Crippen molar-refractivity contribution in [2.75, 3.05) is 5.43 Å². The van der Waals surface area contributed by atoms with E-state index in [9.17, 15) is 9.90 Å². The molecule has 28 heavy (non-hydrogen) atoms. The summed E-state index contributed by atoms with van der Waals surface area (Å²) in [6.45, 7) is 0.381. The third-order valence-corrected chi connectivity index (χ3v) is 4.52. The molecule has 7 heteroatoms. The maximum Gasteiger partial charge on any atom is 0.119 e. The molecule has 0 amide bonds. The van der Waals surface area contributed by atoms with E-state index in [0.29, 0.717) is 23.1 Å². The van der Waals surface area contributed by atoms with Crippen LogP contribution in [0.1, 0.15) is 21.5 Å². The number of hydrazone groups is 1. The Morgan fingerprint density at radius 1 is 1.04 bits per heavy atom.